The lowest BCUT2D eigenvalue weighted by atomic mass is 9.78. The van der Waals surface area contributed by atoms with Crippen LogP contribution in [0.15, 0.2) is 18.2 Å². The Kier molecular flexibility index (Phi) is 3.07. The van der Waals surface area contributed by atoms with Crippen molar-refractivity contribution in [2.24, 2.45) is 0 Å². The minimum atomic E-state index is -0.430. The van der Waals surface area contributed by atoms with E-state index in [-0.39, 0.29) is 11.2 Å². The van der Waals surface area contributed by atoms with Gasteiger partial charge in [-0.15, -0.1) is 0 Å². The van der Waals surface area contributed by atoms with E-state index in [0.717, 1.165) is 11.2 Å². The summed E-state index contributed by atoms with van der Waals surface area (Å²) in [5.74, 6) is 0.729. The molecule has 1 aromatic rings. The average molecular weight is 249 g/mol. The van der Waals surface area contributed by atoms with E-state index in [1.165, 1.54) is 0 Å². The van der Waals surface area contributed by atoms with Gasteiger partial charge in [-0.3, -0.25) is 0 Å². The molecule has 2 N–H and O–H groups in total. The zero-order chi connectivity index (χ0) is 13.6. The van der Waals surface area contributed by atoms with Gasteiger partial charge in [-0.25, -0.2) is 0 Å². The van der Waals surface area contributed by atoms with Crippen LogP contribution in [0.5, 0.6) is 5.75 Å². The molecule has 0 saturated carbocycles. The van der Waals surface area contributed by atoms with Crippen LogP contribution in [0.2, 0.25) is 0 Å². The fourth-order valence-corrected chi connectivity index (χ4v) is 1.86. The first kappa shape index (κ1) is 13.2. The Bertz CT molecular complexity index is 444. The third-order valence-electron chi connectivity index (χ3n) is 3.80. The molecular formula is C13H20BNO3. The lowest BCUT2D eigenvalue weighted by Gasteiger charge is -2.32. The van der Waals surface area contributed by atoms with Crippen LogP contribution in [0.1, 0.15) is 27.7 Å². The Morgan fingerprint density at radius 2 is 1.67 bits per heavy atom. The van der Waals surface area contributed by atoms with Crippen molar-refractivity contribution >= 4 is 18.3 Å². The molecule has 0 atom stereocenters. The highest BCUT2D eigenvalue weighted by molar-refractivity contribution is 6.63. The smallest absolute Gasteiger partial charge is 0.496 e. The quantitative estimate of drug-likeness (QED) is 0.638. The second-order valence-corrected chi connectivity index (χ2v) is 5.58. The largest absolute Gasteiger partial charge is 0.497 e. The monoisotopic (exact) mass is 249 g/mol. The van der Waals surface area contributed by atoms with E-state index in [4.69, 9.17) is 19.8 Å². The van der Waals surface area contributed by atoms with Crippen LogP contribution in [0.4, 0.5) is 5.69 Å². The van der Waals surface area contributed by atoms with Crippen molar-refractivity contribution in [3.63, 3.8) is 0 Å². The summed E-state index contributed by atoms with van der Waals surface area (Å²) < 4.78 is 17.1. The summed E-state index contributed by atoms with van der Waals surface area (Å²) in [7, 11) is 1.18. The van der Waals surface area contributed by atoms with Gasteiger partial charge in [0.2, 0.25) is 0 Å². The molecule has 0 bridgehead atoms. The molecular weight excluding hydrogens is 229 g/mol. The predicted octanol–water partition coefficient (Wildman–Crippen LogP) is 1.58. The zero-order valence-corrected chi connectivity index (χ0v) is 11.6. The van der Waals surface area contributed by atoms with E-state index in [1.807, 2.05) is 39.8 Å². The molecule has 2 rings (SSSR count). The molecule has 0 aromatic heterocycles. The van der Waals surface area contributed by atoms with Gasteiger partial charge in [0.25, 0.3) is 0 Å². The zero-order valence-electron chi connectivity index (χ0n) is 11.6. The summed E-state index contributed by atoms with van der Waals surface area (Å²) in [5, 5.41) is 0. The van der Waals surface area contributed by atoms with Gasteiger partial charge in [-0.2, -0.15) is 0 Å². The first-order valence-electron chi connectivity index (χ1n) is 6.06. The number of nitrogens with two attached hydrogens (primary N) is 1. The molecule has 4 nitrogen and oxygen atoms in total. The van der Waals surface area contributed by atoms with Crippen LogP contribution < -0.4 is 15.9 Å². The SMILES string of the molecule is COc1ccc(B2OC(C)(C)C(C)(C)O2)c(N)c1. The lowest BCUT2D eigenvalue weighted by molar-refractivity contribution is 0.00578. The highest BCUT2D eigenvalue weighted by Gasteiger charge is 2.52. The molecule has 0 amide bonds. The van der Waals surface area contributed by atoms with Crippen LogP contribution in [0, 0.1) is 0 Å². The number of hydrogen-bond donors (Lipinski definition) is 1. The average Bonchev–Trinajstić information content (AvgIpc) is 2.47. The molecule has 0 unspecified atom stereocenters. The number of benzene rings is 1. The van der Waals surface area contributed by atoms with Crippen LogP contribution in [-0.4, -0.2) is 25.4 Å². The van der Waals surface area contributed by atoms with Crippen molar-refractivity contribution < 1.29 is 14.0 Å². The van der Waals surface area contributed by atoms with Crippen molar-refractivity contribution in [1.29, 1.82) is 0 Å². The van der Waals surface area contributed by atoms with Gasteiger partial charge in [-0.05, 0) is 33.8 Å². The fourth-order valence-electron chi connectivity index (χ4n) is 1.86. The standard InChI is InChI=1S/C13H20BNO3/c1-12(2)13(3,4)18-14(17-12)10-7-6-9(16-5)8-11(10)15/h6-8H,15H2,1-5H3. The first-order chi connectivity index (χ1) is 8.27. The molecule has 1 aromatic carbocycles. The maximum absolute atomic E-state index is 6.01. The van der Waals surface area contributed by atoms with E-state index in [1.54, 1.807) is 13.2 Å². The summed E-state index contributed by atoms with van der Waals surface area (Å²) >= 11 is 0. The maximum Gasteiger partial charge on any atom is 0.496 e. The minimum Gasteiger partial charge on any atom is -0.497 e. The second kappa shape index (κ2) is 4.18. The molecule has 1 saturated heterocycles. The summed E-state index contributed by atoms with van der Waals surface area (Å²) in [4.78, 5) is 0. The molecule has 1 fully saturated rings. The fraction of sp³-hybridized carbons (Fsp3) is 0.538. The van der Waals surface area contributed by atoms with E-state index in [2.05, 4.69) is 0 Å². The van der Waals surface area contributed by atoms with Crippen molar-refractivity contribution in [2.75, 3.05) is 12.8 Å². The van der Waals surface area contributed by atoms with E-state index >= 15 is 0 Å². The highest BCUT2D eigenvalue weighted by Crippen LogP contribution is 2.37. The summed E-state index contributed by atoms with van der Waals surface area (Å²) in [6, 6.07) is 5.52. The molecule has 1 aliphatic rings. The molecule has 1 aliphatic heterocycles. The third-order valence-corrected chi connectivity index (χ3v) is 3.80. The number of anilines is 1. The van der Waals surface area contributed by atoms with Crippen molar-refractivity contribution in [3.05, 3.63) is 18.2 Å². The summed E-state index contributed by atoms with van der Waals surface area (Å²) in [5.41, 5.74) is 6.76. The Labute approximate surface area is 109 Å². The topological polar surface area (TPSA) is 53.7 Å². The summed E-state index contributed by atoms with van der Waals surface area (Å²) in [6.07, 6.45) is 0. The lowest BCUT2D eigenvalue weighted by Crippen LogP contribution is -2.41. The van der Waals surface area contributed by atoms with Gasteiger partial charge < -0.3 is 19.8 Å². The molecule has 1 heterocycles. The number of methoxy groups -OCH3 is 1. The number of hydrogen-bond acceptors (Lipinski definition) is 4. The minimum absolute atomic E-state index is 0.357. The van der Waals surface area contributed by atoms with Gasteiger partial charge in [0.05, 0.1) is 18.3 Å². The molecule has 18 heavy (non-hydrogen) atoms. The van der Waals surface area contributed by atoms with Gasteiger partial charge in [-0.1, -0.05) is 6.07 Å². The van der Waals surface area contributed by atoms with Gasteiger partial charge in [0, 0.05) is 17.2 Å². The van der Waals surface area contributed by atoms with Crippen molar-refractivity contribution in [2.45, 2.75) is 38.9 Å². The van der Waals surface area contributed by atoms with Crippen LogP contribution in [0.25, 0.3) is 0 Å². The van der Waals surface area contributed by atoms with E-state index in [0.29, 0.717) is 5.69 Å². The number of rotatable bonds is 2. The Hall–Kier alpha value is -1.20. The molecule has 0 spiro atoms. The van der Waals surface area contributed by atoms with Crippen LogP contribution >= 0.6 is 0 Å². The van der Waals surface area contributed by atoms with Gasteiger partial charge in [0.1, 0.15) is 5.75 Å². The Morgan fingerprint density at radius 1 is 1.11 bits per heavy atom. The van der Waals surface area contributed by atoms with E-state index in [9.17, 15) is 0 Å². The Balaban J connectivity index is 2.30. The van der Waals surface area contributed by atoms with Gasteiger partial charge in [0.15, 0.2) is 0 Å². The first-order valence-corrected chi connectivity index (χ1v) is 6.06. The third kappa shape index (κ3) is 2.08. The highest BCUT2D eigenvalue weighted by atomic mass is 16.7. The Morgan fingerprint density at radius 3 is 2.11 bits per heavy atom. The predicted molar refractivity (Wildman–Crippen MR) is 73.1 cm³/mol. The van der Waals surface area contributed by atoms with Gasteiger partial charge >= 0.3 is 7.12 Å². The summed E-state index contributed by atoms with van der Waals surface area (Å²) in [6.45, 7) is 8.08. The van der Waals surface area contributed by atoms with Crippen LogP contribution in [-0.2, 0) is 9.31 Å². The van der Waals surface area contributed by atoms with Crippen molar-refractivity contribution in [1.82, 2.24) is 0 Å². The maximum atomic E-state index is 6.01. The molecule has 98 valence electrons. The molecule has 5 heteroatoms. The normalized spacial score (nSPS) is 21.1. The van der Waals surface area contributed by atoms with Crippen LogP contribution in [0.3, 0.4) is 0 Å². The second-order valence-electron chi connectivity index (χ2n) is 5.58. The number of nitrogen functional groups attached to an aromatic ring is 1. The number of ether oxygens (including phenoxy) is 1. The van der Waals surface area contributed by atoms with Crippen molar-refractivity contribution in [3.8, 4) is 5.75 Å². The molecule has 0 radical (unpaired) electrons. The van der Waals surface area contributed by atoms with E-state index < -0.39 is 7.12 Å². The molecule has 0 aliphatic carbocycles.